The number of anilines is 2. The van der Waals surface area contributed by atoms with E-state index in [1.165, 1.54) is 32.0 Å². The summed E-state index contributed by atoms with van der Waals surface area (Å²) in [4.78, 5) is 23.2. The minimum atomic E-state index is -0.234. The van der Waals surface area contributed by atoms with Gasteiger partial charge in [0.15, 0.2) is 0 Å². The van der Waals surface area contributed by atoms with Gasteiger partial charge in [-0.15, -0.1) is 0 Å². The van der Waals surface area contributed by atoms with Crippen molar-refractivity contribution in [2.24, 2.45) is 5.92 Å². The molecule has 7 heteroatoms. The van der Waals surface area contributed by atoms with Crippen LogP contribution in [-0.4, -0.2) is 38.7 Å². The average molecular weight is 378 g/mol. The van der Waals surface area contributed by atoms with Gasteiger partial charge < -0.3 is 10.2 Å². The van der Waals surface area contributed by atoms with Crippen molar-refractivity contribution in [1.82, 2.24) is 20.2 Å². The normalized spacial score (nSPS) is 14.7. The molecule has 1 amide bonds. The van der Waals surface area contributed by atoms with Crippen molar-refractivity contribution in [2.75, 3.05) is 16.8 Å². The van der Waals surface area contributed by atoms with E-state index in [0.29, 0.717) is 17.7 Å². The summed E-state index contributed by atoms with van der Waals surface area (Å²) < 4.78 is 0. The van der Waals surface area contributed by atoms with E-state index < -0.39 is 0 Å². The molecule has 2 N–H and O–H groups in total. The largest absolute Gasteiger partial charge is 0.367 e. The summed E-state index contributed by atoms with van der Waals surface area (Å²) >= 11 is 0. The van der Waals surface area contributed by atoms with Crippen molar-refractivity contribution in [3.05, 3.63) is 42.6 Å². The van der Waals surface area contributed by atoms with Gasteiger partial charge in [0.2, 0.25) is 0 Å². The number of rotatable bonds is 6. The van der Waals surface area contributed by atoms with Crippen molar-refractivity contribution in [3.8, 4) is 0 Å². The van der Waals surface area contributed by atoms with Crippen LogP contribution in [0, 0.1) is 5.92 Å². The Morgan fingerprint density at radius 1 is 1.32 bits per heavy atom. The summed E-state index contributed by atoms with van der Waals surface area (Å²) in [5.41, 5.74) is 3.16. The van der Waals surface area contributed by atoms with Crippen molar-refractivity contribution >= 4 is 28.2 Å². The monoisotopic (exact) mass is 378 g/mol. The fraction of sp³-hybridized carbons (Fsp3) is 0.429. The van der Waals surface area contributed by atoms with Crippen LogP contribution >= 0.6 is 0 Å². The first kappa shape index (κ1) is 18.4. The number of hydrogen-bond acceptors (Lipinski definition) is 5. The molecule has 1 aliphatic carbocycles. The quantitative estimate of drug-likeness (QED) is 0.677. The molecule has 3 aromatic rings. The molecule has 2 aromatic heterocycles. The molecule has 2 heterocycles. The number of amides is 1. The number of carbonyl (C=O) groups is 1. The van der Waals surface area contributed by atoms with Gasteiger partial charge in [0.05, 0.1) is 23.1 Å². The zero-order valence-electron chi connectivity index (χ0n) is 16.4. The van der Waals surface area contributed by atoms with Crippen LogP contribution in [0.2, 0.25) is 0 Å². The van der Waals surface area contributed by atoms with Crippen molar-refractivity contribution in [1.29, 1.82) is 0 Å². The molecule has 0 atom stereocenters. The first-order valence-electron chi connectivity index (χ1n) is 9.93. The first-order valence-corrected chi connectivity index (χ1v) is 9.93. The third kappa shape index (κ3) is 3.83. The highest BCUT2D eigenvalue weighted by atomic mass is 16.1. The molecule has 1 aromatic carbocycles. The Morgan fingerprint density at radius 3 is 2.86 bits per heavy atom. The predicted octanol–water partition coefficient (Wildman–Crippen LogP) is 4.01. The van der Waals surface area contributed by atoms with Crippen LogP contribution in [0.15, 0.2) is 36.9 Å². The molecule has 7 nitrogen and oxygen atoms in total. The molecule has 0 saturated heterocycles. The van der Waals surface area contributed by atoms with Gasteiger partial charge in [0.1, 0.15) is 12.0 Å². The molecule has 146 valence electrons. The molecule has 0 spiro atoms. The standard InChI is InChI=1S/C21H26N6O/c1-14(2)12-27(16-5-3-4-6-16)20-10-18-15(11-24-26-18)9-19(20)25-21(28)17-7-8-22-13-23-17/h7-11,13-14,16H,3-6,12H2,1-2H3,(H,24,26)(H,25,28). The zero-order valence-corrected chi connectivity index (χ0v) is 16.4. The van der Waals surface area contributed by atoms with Crippen LogP contribution in [0.4, 0.5) is 11.4 Å². The lowest BCUT2D eigenvalue weighted by Gasteiger charge is -2.34. The summed E-state index contributed by atoms with van der Waals surface area (Å²) in [6.45, 7) is 5.41. The second kappa shape index (κ2) is 7.96. The molecule has 4 rings (SSSR count). The Labute approximate surface area is 164 Å². The first-order chi connectivity index (χ1) is 13.6. The number of aromatic nitrogens is 4. The van der Waals surface area contributed by atoms with Crippen LogP contribution in [-0.2, 0) is 0 Å². The molecule has 1 aliphatic rings. The van der Waals surface area contributed by atoms with Gasteiger partial charge in [-0.3, -0.25) is 9.89 Å². The molecule has 0 aliphatic heterocycles. The molecule has 1 fully saturated rings. The van der Waals surface area contributed by atoms with E-state index in [2.05, 4.69) is 50.3 Å². The fourth-order valence-corrected chi connectivity index (χ4v) is 3.98. The van der Waals surface area contributed by atoms with E-state index >= 15 is 0 Å². The number of hydrogen-bond donors (Lipinski definition) is 2. The van der Waals surface area contributed by atoms with E-state index in [-0.39, 0.29) is 5.91 Å². The second-order valence-corrected chi connectivity index (χ2v) is 7.86. The average Bonchev–Trinajstić information content (AvgIpc) is 3.38. The van der Waals surface area contributed by atoms with Crippen molar-refractivity contribution in [3.63, 3.8) is 0 Å². The highest BCUT2D eigenvalue weighted by Gasteiger charge is 2.26. The van der Waals surface area contributed by atoms with Gasteiger partial charge in [-0.1, -0.05) is 26.7 Å². The van der Waals surface area contributed by atoms with Crippen LogP contribution in [0.5, 0.6) is 0 Å². The Morgan fingerprint density at radius 2 is 2.14 bits per heavy atom. The second-order valence-electron chi connectivity index (χ2n) is 7.86. The van der Waals surface area contributed by atoms with Gasteiger partial charge in [-0.2, -0.15) is 5.10 Å². The topological polar surface area (TPSA) is 86.8 Å². The number of fused-ring (bicyclic) bond motifs is 1. The maximum Gasteiger partial charge on any atom is 0.274 e. The zero-order chi connectivity index (χ0) is 19.5. The summed E-state index contributed by atoms with van der Waals surface area (Å²) in [5.74, 6) is 0.283. The fourth-order valence-electron chi connectivity index (χ4n) is 3.98. The molecule has 28 heavy (non-hydrogen) atoms. The van der Waals surface area contributed by atoms with Gasteiger partial charge in [0.25, 0.3) is 5.91 Å². The van der Waals surface area contributed by atoms with E-state index in [4.69, 9.17) is 0 Å². The van der Waals surface area contributed by atoms with Crippen LogP contribution in [0.25, 0.3) is 10.9 Å². The minimum Gasteiger partial charge on any atom is -0.367 e. The summed E-state index contributed by atoms with van der Waals surface area (Å²) in [5, 5.41) is 11.3. The van der Waals surface area contributed by atoms with Gasteiger partial charge in [-0.05, 0) is 37.0 Å². The maximum atomic E-state index is 12.8. The molecule has 0 bridgehead atoms. The molecular formula is C21H26N6O. The number of nitrogens with one attached hydrogen (secondary N) is 2. The van der Waals surface area contributed by atoms with E-state index in [0.717, 1.165) is 28.8 Å². The van der Waals surface area contributed by atoms with E-state index in [9.17, 15) is 4.79 Å². The van der Waals surface area contributed by atoms with Gasteiger partial charge in [-0.25, -0.2) is 9.97 Å². The Balaban J connectivity index is 1.74. The van der Waals surface area contributed by atoms with Crippen LogP contribution in [0.1, 0.15) is 50.0 Å². The number of carbonyl (C=O) groups excluding carboxylic acids is 1. The molecular weight excluding hydrogens is 352 g/mol. The lowest BCUT2D eigenvalue weighted by molar-refractivity contribution is 0.102. The molecule has 0 radical (unpaired) electrons. The summed E-state index contributed by atoms with van der Waals surface area (Å²) in [6.07, 6.45) is 9.63. The number of H-pyrrole nitrogens is 1. The Hall–Kier alpha value is -2.96. The summed E-state index contributed by atoms with van der Waals surface area (Å²) in [6, 6.07) is 6.22. The van der Waals surface area contributed by atoms with Crippen molar-refractivity contribution < 1.29 is 4.79 Å². The Kier molecular flexibility index (Phi) is 5.23. The molecule has 0 unspecified atom stereocenters. The predicted molar refractivity (Wildman–Crippen MR) is 111 cm³/mol. The van der Waals surface area contributed by atoms with Crippen molar-refractivity contribution in [2.45, 2.75) is 45.6 Å². The minimum absolute atomic E-state index is 0.234. The van der Waals surface area contributed by atoms with E-state index in [1.807, 2.05) is 6.07 Å². The van der Waals surface area contributed by atoms with Crippen LogP contribution in [0.3, 0.4) is 0 Å². The lowest BCUT2D eigenvalue weighted by atomic mass is 10.1. The third-order valence-electron chi connectivity index (χ3n) is 5.26. The highest BCUT2D eigenvalue weighted by Crippen LogP contribution is 2.36. The lowest BCUT2D eigenvalue weighted by Crippen LogP contribution is -2.37. The van der Waals surface area contributed by atoms with Crippen LogP contribution < -0.4 is 10.2 Å². The Bertz CT molecular complexity index is 946. The highest BCUT2D eigenvalue weighted by molar-refractivity contribution is 6.06. The molecule has 1 saturated carbocycles. The van der Waals surface area contributed by atoms with Gasteiger partial charge in [0, 0.05) is 24.2 Å². The third-order valence-corrected chi connectivity index (χ3v) is 5.26. The number of benzene rings is 1. The maximum absolute atomic E-state index is 12.8. The number of nitrogens with zero attached hydrogens (tertiary/aromatic N) is 4. The smallest absolute Gasteiger partial charge is 0.274 e. The summed E-state index contributed by atoms with van der Waals surface area (Å²) in [7, 11) is 0. The number of aromatic amines is 1. The van der Waals surface area contributed by atoms with E-state index in [1.54, 1.807) is 18.5 Å². The SMILES string of the molecule is CC(C)CN(c1cc2[nH]ncc2cc1NC(=O)c1ccncn1)C1CCCC1. The van der Waals surface area contributed by atoms with Gasteiger partial charge >= 0.3 is 0 Å².